The van der Waals surface area contributed by atoms with Crippen molar-refractivity contribution in [3.63, 3.8) is 0 Å². The van der Waals surface area contributed by atoms with Crippen LogP contribution in [0.2, 0.25) is 0 Å². The number of aromatic nitrogens is 3. The van der Waals surface area contributed by atoms with Gasteiger partial charge in [-0.15, -0.1) is 22.7 Å². The first kappa shape index (κ1) is 20.3. The third-order valence-corrected chi connectivity index (χ3v) is 7.11. The quantitative estimate of drug-likeness (QED) is 0.581. The van der Waals surface area contributed by atoms with Gasteiger partial charge in [0.25, 0.3) is 0 Å². The van der Waals surface area contributed by atoms with Crippen LogP contribution in [0.1, 0.15) is 43.6 Å². The molecule has 0 saturated heterocycles. The molecule has 3 aromatic heterocycles. The highest BCUT2D eigenvalue weighted by Gasteiger charge is 2.25. The third-order valence-electron chi connectivity index (χ3n) is 5.05. The number of rotatable bonds is 7. The van der Waals surface area contributed by atoms with E-state index in [1.54, 1.807) is 27.4 Å². The van der Waals surface area contributed by atoms with Gasteiger partial charge in [-0.1, -0.05) is 13.8 Å². The molecule has 3 heterocycles. The van der Waals surface area contributed by atoms with E-state index in [4.69, 9.17) is 4.98 Å². The highest BCUT2D eigenvalue weighted by Crippen LogP contribution is 2.45. The summed E-state index contributed by atoms with van der Waals surface area (Å²) in [7, 11) is 1.91. The van der Waals surface area contributed by atoms with E-state index in [1.165, 1.54) is 23.3 Å². The van der Waals surface area contributed by atoms with Gasteiger partial charge in [0.1, 0.15) is 10.0 Å². The second-order valence-electron chi connectivity index (χ2n) is 7.76. The zero-order chi connectivity index (χ0) is 20.4. The van der Waals surface area contributed by atoms with Crippen molar-refractivity contribution in [1.29, 1.82) is 0 Å². The predicted octanol–water partition coefficient (Wildman–Crippen LogP) is 4.48. The van der Waals surface area contributed by atoms with Gasteiger partial charge in [-0.3, -0.25) is 9.48 Å². The van der Waals surface area contributed by atoms with Gasteiger partial charge in [0, 0.05) is 53.6 Å². The lowest BCUT2D eigenvalue weighted by atomic mass is 9.95. The van der Waals surface area contributed by atoms with Crippen LogP contribution in [0.3, 0.4) is 0 Å². The predicted molar refractivity (Wildman–Crippen MR) is 121 cm³/mol. The number of thiazole rings is 1. The second kappa shape index (κ2) is 8.77. The van der Waals surface area contributed by atoms with Crippen LogP contribution in [-0.2, 0) is 24.7 Å². The smallest absolute Gasteiger partial charge is 0.226 e. The molecule has 6 nitrogen and oxygen atoms in total. The van der Waals surface area contributed by atoms with Gasteiger partial charge >= 0.3 is 0 Å². The molecule has 1 aliphatic carbocycles. The highest BCUT2D eigenvalue weighted by molar-refractivity contribution is 7.18. The fourth-order valence-electron chi connectivity index (χ4n) is 3.62. The number of anilines is 1. The van der Waals surface area contributed by atoms with Crippen molar-refractivity contribution in [3.8, 4) is 21.8 Å². The van der Waals surface area contributed by atoms with Gasteiger partial charge in [-0.2, -0.15) is 5.10 Å². The molecular weight excluding hydrogens is 402 g/mol. The summed E-state index contributed by atoms with van der Waals surface area (Å²) in [6, 6.07) is 0.383. The Morgan fingerprint density at radius 1 is 1.31 bits per heavy atom. The number of amides is 1. The Bertz CT molecular complexity index is 1000. The van der Waals surface area contributed by atoms with Gasteiger partial charge < -0.3 is 10.6 Å². The van der Waals surface area contributed by atoms with Crippen molar-refractivity contribution < 1.29 is 4.79 Å². The largest absolute Gasteiger partial charge is 0.317 e. The summed E-state index contributed by atoms with van der Waals surface area (Å²) in [5, 5.41) is 14.8. The topological polar surface area (TPSA) is 71.8 Å². The SMILES string of the molecule is CC(C)NCCC(=O)Nc1sc2c(c1-c1nc(-c3cnn(C)c3)cs1)CCCC2. The first-order valence-corrected chi connectivity index (χ1v) is 11.8. The summed E-state index contributed by atoms with van der Waals surface area (Å²) in [4.78, 5) is 18.9. The van der Waals surface area contributed by atoms with Crippen molar-refractivity contribution in [1.82, 2.24) is 20.1 Å². The Labute approximate surface area is 179 Å². The Hall–Kier alpha value is -2.03. The number of aryl methyl sites for hydroxylation is 2. The Morgan fingerprint density at radius 3 is 2.90 bits per heavy atom. The van der Waals surface area contributed by atoms with Gasteiger partial charge in [-0.05, 0) is 31.2 Å². The fraction of sp³-hybridized carbons (Fsp3) is 0.476. The standard InChI is InChI=1S/C21H27N5OS2/c1-13(2)22-9-8-18(27)25-21-19(15-6-4-5-7-17(15)29-21)20-24-16(12-28-20)14-10-23-26(3)11-14/h10-13,22H,4-9H2,1-3H3,(H,25,27). The van der Waals surface area contributed by atoms with Gasteiger partial charge in [0.05, 0.1) is 11.9 Å². The average Bonchev–Trinajstić information content (AvgIpc) is 3.38. The number of carbonyl (C=O) groups excluding carboxylic acids is 1. The van der Waals surface area contributed by atoms with Crippen LogP contribution < -0.4 is 10.6 Å². The lowest BCUT2D eigenvalue weighted by Crippen LogP contribution is -2.27. The minimum Gasteiger partial charge on any atom is -0.317 e. The number of hydrogen-bond donors (Lipinski definition) is 2. The zero-order valence-corrected chi connectivity index (χ0v) is 18.8. The first-order chi connectivity index (χ1) is 14.0. The van der Waals surface area contributed by atoms with Crippen LogP contribution in [0.15, 0.2) is 17.8 Å². The summed E-state index contributed by atoms with van der Waals surface area (Å²) >= 11 is 3.37. The number of hydrogen-bond acceptors (Lipinski definition) is 6. The maximum atomic E-state index is 12.5. The van der Waals surface area contributed by atoms with Crippen molar-refractivity contribution >= 4 is 33.6 Å². The summed E-state index contributed by atoms with van der Waals surface area (Å²) in [5.41, 5.74) is 4.47. The molecule has 3 aromatic rings. The van der Waals surface area contributed by atoms with Gasteiger partial charge in [0.15, 0.2) is 0 Å². The molecule has 0 bridgehead atoms. The number of fused-ring (bicyclic) bond motifs is 1. The minimum absolute atomic E-state index is 0.0574. The monoisotopic (exact) mass is 429 g/mol. The van der Waals surface area contributed by atoms with Crippen LogP contribution >= 0.6 is 22.7 Å². The number of nitrogens with one attached hydrogen (secondary N) is 2. The fourth-order valence-corrected chi connectivity index (χ4v) is 5.90. The minimum atomic E-state index is 0.0574. The van der Waals surface area contributed by atoms with Crippen LogP contribution in [0.4, 0.5) is 5.00 Å². The summed E-state index contributed by atoms with van der Waals surface area (Å²) < 4.78 is 1.79. The van der Waals surface area contributed by atoms with Crippen molar-refractivity contribution in [2.45, 2.75) is 52.0 Å². The third kappa shape index (κ3) is 4.60. The zero-order valence-electron chi connectivity index (χ0n) is 17.1. The molecule has 0 aliphatic heterocycles. The summed E-state index contributed by atoms with van der Waals surface area (Å²) in [5.74, 6) is 0.0574. The van der Waals surface area contributed by atoms with Crippen LogP contribution in [0, 0.1) is 0 Å². The lowest BCUT2D eigenvalue weighted by Gasteiger charge is -2.12. The molecule has 0 unspecified atom stereocenters. The van der Waals surface area contributed by atoms with E-state index in [1.807, 2.05) is 19.4 Å². The Balaban J connectivity index is 1.61. The second-order valence-corrected chi connectivity index (χ2v) is 9.73. The van der Waals surface area contributed by atoms with Crippen molar-refractivity contribution in [3.05, 3.63) is 28.2 Å². The first-order valence-electron chi connectivity index (χ1n) is 10.1. The Kier molecular flexibility index (Phi) is 6.12. The molecule has 1 amide bonds. The summed E-state index contributed by atoms with van der Waals surface area (Å²) in [6.07, 6.45) is 8.87. The van der Waals surface area contributed by atoms with E-state index >= 15 is 0 Å². The molecule has 8 heteroatoms. The number of thiophene rings is 1. The molecule has 0 saturated carbocycles. The lowest BCUT2D eigenvalue weighted by molar-refractivity contribution is -0.116. The molecule has 4 rings (SSSR count). The van der Waals surface area contributed by atoms with Gasteiger partial charge in [0.2, 0.25) is 5.91 Å². The molecule has 1 aliphatic rings. The number of carbonyl (C=O) groups is 1. The molecule has 0 aromatic carbocycles. The van der Waals surface area contributed by atoms with E-state index in [9.17, 15) is 4.79 Å². The molecule has 0 spiro atoms. The van der Waals surface area contributed by atoms with Crippen molar-refractivity contribution in [2.24, 2.45) is 7.05 Å². The molecule has 0 radical (unpaired) electrons. The molecule has 2 N–H and O–H groups in total. The van der Waals surface area contributed by atoms with E-state index in [2.05, 4.69) is 35.0 Å². The molecule has 29 heavy (non-hydrogen) atoms. The van der Waals surface area contributed by atoms with Gasteiger partial charge in [-0.25, -0.2) is 4.98 Å². The normalized spacial score (nSPS) is 13.7. The Morgan fingerprint density at radius 2 is 2.14 bits per heavy atom. The maximum Gasteiger partial charge on any atom is 0.226 e. The maximum absolute atomic E-state index is 12.5. The number of nitrogens with zero attached hydrogens (tertiary/aromatic N) is 3. The van der Waals surface area contributed by atoms with E-state index in [-0.39, 0.29) is 5.91 Å². The highest BCUT2D eigenvalue weighted by atomic mass is 32.1. The van der Waals surface area contributed by atoms with Crippen LogP contribution in [0.25, 0.3) is 21.8 Å². The van der Waals surface area contributed by atoms with E-state index in [0.29, 0.717) is 19.0 Å². The van der Waals surface area contributed by atoms with E-state index in [0.717, 1.165) is 39.7 Å². The molecule has 154 valence electrons. The van der Waals surface area contributed by atoms with Crippen molar-refractivity contribution in [2.75, 3.05) is 11.9 Å². The van der Waals surface area contributed by atoms with Crippen LogP contribution in [-0.4, -0.2) is 33.3 Å². The molecule has 0 fully saturated rings. The van der Waals surface area contributed by atoms with Crippen LogP contribution in [0.5, 0.6) is 0 Å². The summed E-state index contributed by atoms with van der Waals surface area (Å²) in [6.45, 7) is 4.86. The average molecular weight is 430 g/mol. The molecule has 0 atom stereocenters. The van der Waals surface area contributed by atoms with E-state index < -0.39 is 0 Å². The molecular formula is C21H27N5OS2.